The largest absolute Gasteiger partial charge is 0.390 e. The van der Waals surface area contributed by atoms with Crippen LogP contribution >= 0.6 is 0 Å². The second-order valence-corrected chi connectivity index (χ2v) is 6.07. The fourth-order valence-corrected chi connectivity index (χ4v) is 3.26. The summed E-state index contributed by atoms with van der Waals surface area (Å²) in [5.74, 6) is 0.422. The van der Waals surface area contributed by atoms with Crippen molar-refractivity contribution >= 4 is 5.91 Å². The smallest absolute Gasteiger partial charge is 0.254 e. The monoisotopic (exact) mass is 269 g/mol. The van der Waals surface area contributed by atoms with Crippen molar-refractivity contribution in [2.24, 2.45) is 5.92 Å². The fraction of sp³-hybridized carbons (Fsp3) is 0.929. The summed E-state index contributed by atoms with van der Waals surface area (Å²) in [5.41, 5.74) is -0.410. The first-order chi connectivity index (χ1) is 9.10. The molecule has 0 radical (unpaired) electrons. The van der Waals surface area contributed by atoms with Crippen molar-refractivity contribution in [2.75, 3.05) is 26.3 Å². The number of carbonyl (C=O) groups excluding carboxylic acids is 1. The Morgan fingerprint density at radius 1 is 1.21 bits per heavy atom. The first-order valence-electron chi connectivity index (χ1n) is 7.34. The number of rotatable bonds is 2. The lowest BCUT2D eigenvalue weighted by Gasteiger charge is -2.38. The minimum Gasteiger partial charge on any atom is -0.390 e. The van der Waals surface area contributed by atoms with Gasteiger partial charge in [0.1, 0.15) is 0 Å². The van der Waals surface area contributed by atoms with Gasteiger partial charge in [-0.05, 0) is 38.5 Å². The molecule has 0 aromatic carbocycles. The molecule has 0 aromatic heterocycles. The lowest BCUT2D eigenvalue weighted by atomic mass is 9.89. The molecule has 3 rings (SSSR count). The molecule has 1 aliphatic carbocycles. The summed E-state index contributed by atoms with van der Waals surface area (Å²) < 4.78 is 11.0. The Labute approximate surface area is 113 Å². The molecule has 1 amide bonds. The van der Waals surface area contributed by atoms with Crippen molar-refractivity contribution in [1.82, 2.24) is 4.90 Å². The number of piperidine rings is 1. The van der Waals surface area contributed by atoms with Crippen LogP contribution in [0.4, 0.5) is 0 Å². The molecule has 0 bridgehead atoms. The van der Waals surface area contributed by atoms with Crippen LogP contribution in [0.15, 0.2) is 0 Å². The van der Waals surface area contributed by atoms with Crippen molar-refractivity contribution < 1.29 is 19.4 Å². The van der Waals surface area contributed by atoms with E-state index in [1.165, 1.54) is 0 Å². The SMILES string of the molecule is C[C@@H]1OCCO[C@@H]1C(=O)N1CCC(C2(O)CC2)CC1. The number of hydrogen-bond donors (Lipinski definition) is 1. The van der Waals surface area contributed by atoms with E-state index < -0.39 is 11.7 Å². The Morgan fingerprint density at radius 2 is 1.84 bits per heavy atom. The molecule has 1 saturated carbocycles. The zero-order chi connectivity index (χ0) is 13.5. The topological polar surface area (TPSA) is 59.0 Å². The fourth-order valence-electron chi connectivity index (χ4n) is 3.26. The Balaban J connectivity index is 1.54. The van der Waals surface area contributed by atoms with Crippen LogP contribution in [0.5, 0.6) is 0 Å². The van der Waals surface area contributed by atoms with Crippen molar-refractivity contribution in [1.29, 1.82) is 0 Å². The second-order valence-electron chi connectivity index (χ2n) is 6.07. The van der Waals surface area contributed by atoms with Crippen LogP contribution in [0.3, 0.4) is 0 Å². The minimum absolute atomic E-state index is 0.0495. The van der Waals surface area contributed by atoms with Crippen molar-refractivity contribution in [3.05, 3.63) is 0 Å². The maximum atomic E-state index is 12.4. The Bertz CT molecular complexity index is 347. The van der Waals surface area contributed by atoms with Crippen molar-refractivity contribution in [3.63, 3.8) is 0 Å². The highest BCUT2D eigenvalue weighted by Crippen LogP contribution is 2.46. The molecule has 108 valence electrons. The number of hydrogen-bond acceptors (Lipinski definition) is 4. The van der Waals surface area contributed by atoms with E-state index in [4.69, 9.17) is 9.47 Å². The molecular formula is C14H23NO4. The average Bonchev–Trinajstić information content (AvgIpc) is 3.18. The summed E-state index contributed by atoms with van der Waals surface area (Å²) in [6.07, 6.45) is 3.07. The molecule has 2 saturated heterocycles. The summed E-state index contributed by atoms with van der Waals surface area (Å²) >= 11 is 0. The van der Waals surface area contributed by atoms with Gasteiger partial charge in [-0.1, -0.05) is 0 Å². The van der Waals surface area contributed by atoms with E-state index in [1.54, 1.807) is 0 Å². The third kappa shape index (κ3) is 2.64. The predicted octanol–water partition coefficient (Wildman–Crippen LogP) is 0.554. The molecule has 5 nitrogen and oxygen atoms in total. The second kappa shape index (κ2) is 5.04. The zero-order valence-corrected chi connectivity index (χ0v) is 11.5. The molecule has 1 N–H and O–H groups in total. The highest BCUT2D eigenvalue weighted by atomic mass is 16.6. The van der Waals surface area contributed by atoms with Crippen LogP contribution in [0.1, 0.15) is 32.6 Å². The van der Waals surface area contributed by atoms with Gasteiger partial charge in [0.05, 0.1) is 24.9 Å². The summed E-state index contributed by atoms with van der Waals surface area (Å²) in [6.45, 7) is 4.43. The summed E-state index contributed by atoms with van der Waals surface area (Å²) in [4.78, 5) is 14.3. The average molecular weight is 269 g/mol. The van der Waals surface area contributed by atoms with Gasteiger partial charge in [0.15, 0.2) is 6.10 Å². The molecule has 2 atom stereocenters. The quantitative estimate of drug-likeness (QED) is 0.795. The first kappa shape index (κ1) is 13.3. The lowest BCUT2D eigenvalue weighted by molar-refractivity contribution is -0.172. The number of amides is 1. The van der Waals surface area contributed by atoms with Gasteiger partial charge in [0, 0.05) is 13.1 Å². The van der Waals surface area contributed by atoms with E-state index in [1.807, 2.05) is 11.8 Å². The minimum atomic E-state index is -0.450. The standard InChI is InChI=1S/C14H23NO4/c1-10-12(19-9-8-18-10)13(16)15-6-2-11(3-7-15)14(17)4-5-14/h10-12,17H,2-9H2,1H3/t10-,12-/m0/s1. The van der Waals surface area contributed by atoms with Crippen LogP contribution < -0.4 is 0 Å². The number of aliphatic hydroxyl groups is 1. The van der Waals surface area contributed by atoms with E-state index in [0.717, 1.165) is 38.8 Å². The van der Waals surface area contributed by atoms with Gasteiger partial charge in [-0.25, -0.2) is 0 Å². The number of ether oxygens (including phenoxy) is 2. The maximum Gasteiger partial charge on any atom is 0.254 e. The molecule has 3 aliphatic rings. The third-order valence-corrected chi connectivity index (χ3v) is 4.76. The van der Waals surface area contributed by atoms with Crippen LogP contribution in [-0.2, 0) is 14.3 Å². The maximum absolute atomic E-state index is 12.4. The van der Waals surface area contributed by atoms with E-state index >= 15 is 0 Å². The van der Waals surface area contributed by atoms with E-state index in [-0.39, 0.29) is 12.0 Å². The Kier molecular flexibility index (Phi) is 3.53. The molecule has 2 heterocycles. The van der Waals surface area contributed by atoms with Gasteiger partial charge >= 0.3 is 0 Å². The van der Waals surface area contributed by atoms with Gasteiger partial charge in [-0.2, -0.15) is 0 Å². The molecule has 0 spiro atoms. The lowest BCUT2D eigenvalue weighted by Crippen LogP contribution is -2.52. The Hall–Kier alpha value is -0.650. The van der Waals surface area contributed by atoms with Crippen LogP contribution in [0, 0.1) is 5.92 Å². The van der Waals surface area contributed by atoms with Gasteiger partial charge < -0.3 is 19.5 Å². The van der Waals surface area contributed by atoms with Crippen LogP contribution in [-0.4, -0.2) is 60.0 Å². The highest BCUT2D eigenvalue weighted by molar-refractivity contribution is 5.81. The predicted molar refractivity (Wildman–Crippen MR) is 68.6 cm³/mol. The van der Waals surface area contributed by atoms with Crippen LogP contribution in [0.2, 0.25) is 0 Å². The van der Waals surface area contributed by atoms with Crippen molar-refractivity contribution in [2.45, 2.75) is 50.4 Å². The van der Waals surface area contributed by atoms with Crippen LogP contribution in [0.25, 0.3) is 0 Å². The van der Waals surface area contributed by atoms with Gasteiger partial charge in [-0.3, -0.25) is 4.79 Å². The first-order valence-corrected chi connectivity index (χ1v) is 7.34. The molecule has 5 heteroatoms. The Morgan fingerprint density at radius 3 is 2.42 bits per heavy atom. The van der Waals surface area contributed by atoms with Crippen molar-refractivity contribution in [3.8, 4) is 0 Å². The molecule has 3 fully saturated rings. The van der Waals surface area contributed by atoms with E-state index in [0.29, 0.717) is 19.1 Å². The third-order valence-electron chi connectivity index (χ3n) is 4.76. The molecular weight excluding hydrogens is 246 g/mol. The highest BCUT2D eigenvalue weighted by Gasteiger charge is 2.48. The van der Waals surface area contributed by atoms with Gasteiger partial charge in [-0.15, -0.1) is 0 Å². The zero-order valence-electron chi connectivity index (χ0n) is 11.5. The normalized spacial score (nSPS) is 35.2. The number of nitrogens with zero attached hydrogens (tertiary/aromatic N) is 1. The van der Waals surface area contributed by atoms with Gasteiger partial charge in [0.25, 0.3) is 5.91 Å². The molecule has 0 unspecified atom stereocenters. The van der Waals surface area contributed by atoms with E-state index in [2.05, 4.69) is 0 Å². The summed E-state index contributed by atoms with van der Waals surface area (Å²) in [6, 6.07) is 0. The molecule has 0 aromatic rings. The molecule has 19 heavy (non-hydrogen) atoms. The molecule has 2 aliphatic heterocycles. The van der Waals surface area contributed by atoms with E-state index in [9.17, 15) is 9.90 Å². The number of likely N-dealkylation sites (tertiary alicyclic amines) is 1. The summed E-state index contributed by atoms with van der Waals surface area (Å²) in [5, 5.41) is 10.1. The van der Waals surface area contributed by atoms with Gasteiger partial charge in [0.2, 0.25) is 0 Å². The number of carbonyl (C=O) groups is 1. The summed E-state index contributed by atoms with van der Waals surface area (Å²) in [7, 11) is 0.